The minimum absolute atomic E-state index is 0.105. The molecule has 31 heavy (non-hydrogen) atoms. The number of rotatable bonds is 7. The second-order valence-corrected chi connectivity index (χ2v) is 7.32. The number of aromatic nitrogens is 1. The van der Waals surface area contributed by atoms with E-state index >= 15 is 0 Å². The van der Waals surface area contributed by atoms with Gasteiger partial charge in [-0.1, -0.05) is 29.4 Å². The van der Waals surface area contributed by atoms with E-state index in [1.54, 1.807) is 37.3 Å². The summed E-state index contributed by atoms with van der Waals surface area (Å²) >= 11 is 0. The Morgan fingerprint density at radius 1 is 1.16 bits per heavy atom. The van der Waals surface area contributed by atoms with E-state index in [2.05, 4.69) is 10.5 Å². The lowest BCUT2D eigenvalue weighted by Gasteiger charge is -2.16. The van der Waals surface area contributed by atoms with Gasteiger partial charge in [0.05, 0.1) is 29.3 Å². The minimum Gasteiger partial charge on any atom is -0.489 e. The third kappa shape index (κ3) is 5.87. The van der Waals surface area contributed by atoms with Gasteiger partial charge in [-0.25, -0.2) is 0 Å². The van der Waals surface area contributed by atoms with Gasteiger partial charge in [0.1, 0.15) is 18.1 Å². The molecule has 0 bridgehead atoms. The van der Waals surface area contributed by atoms with Crippen molar-refractivity contribution in [3.8, 4) is 5.75 Å². The second kappa shape index (κ2) is 9.24. The van der Waals surface area contributed by atoms with E-state index in [4.69, 9.17) is 9.26 Å². The first-order valence-corrected chi connectivity index (χ1v) is 9.73. The third-order valence-electron chi connectivity index (χ3n) is 4.94. The molecule has 1 heterocycles. The van der Waals surface area contributed by atoms with E-state index in [9.17, 15) is 18.0 Å². The number of halogens is 3. The van der Waals surface area contributed by atoms with E-state index < -0.39 is 17.8 Å². The lowest BCUT2D eigenvalue weighted by Crippen LogP contribution is -2.28. The second-order valence-electron chi connectivity index (χ2n) is 7.32. The summed E-state index contributed by atoms with van der Waals surface area (Å²) in [5.41, 5.74) is 2.09. The quantitative estimate of drug-likeness (QED) is 0.550. The fraction of sp³-hybridized carbons (Fsp3) is 0.304. The van der Waals surface area contributed by atoms with Gasteiger partial charge in [-0.3, -0.25) is 4.79 Å². The van der Waals surface area contributed by atoms with Gasteiger partial charge in [-0.2, -0.15) is 13.2 Å². The molecule has 2 aromatic carbocycles. The molecule has 0 saturated carbocycles. The van der Waals surface area contributed by atoms with Crippen molar-refractivity contribution in [1.82, 2.24) is 10.5 Å². The Labute approximate surface area is 178 Å². The smallest absolute Gasteiger partial charge is 0.416 e. The Hall–Kier alpha value is -3.29. The molecule has 0 aliphatic heterocycles. The molecule has 5 nitrogen and oxygen atoms in total. The van der Waals surface area contributed by atoms with Gasteiger partial charge in [0, 0.05) is 0 Å². The van der Waals surface area contributed by atoms with Gasteiger partial charge in [0.25, 0.3) is 0 Å². The Morgan fingerprint density at radius 2 is 1.87 bits per heavy atom. The van der Waals surface area contributed by atoms with Gasteiger partial charge < -0.3 is 14.6 Å². The summed E-state index contributed by atoms with van der Waals surface area (Å²) < 4.78 is 49.5. The maximum Gasteiger partial charge on any atom is 0.416 e. The van der Waals surface area contributed by atoms with Crippen molar-refractivity contribution in [3.63, 3.8) is 0 Å². The molecule has 0 fully saturated rings. The molecule has 1 unspecified atom stereocenters. The van der Waals surface area contributed by atoms with Crippen molar-refractivity contribution in [1.29, 1.82) is 0 Å². The molecule has 1 N–H and O–H groups in total. The number of nitrogens with one attached hydrogen (secondary N) is 1. The lowest BCUT2D eigenvalue weighted by atomic mass is 10.0. The van der Waals surface area contributed by atoms with Crippen LogP contribution >= 0.6 is 0 Å². The zero-order chi connectivity index (χ0) is 22.6. The van der Waals surface area contributed by atoms with Crippen molar-refractivity contribution < 1.29 is 27.2 Å². The Balaban J connectivity index is 1.54. The number of benzene rings is 2. The summed E-state index contributed by atoms with van der Waals surface area (Å²) in [5.74, 6) is 1.07. The van der Waals surface area contributed by atoms with E-state index in [0.29, 0.717) is 23.7 Å². The van der Waals surface area contributed by atoms with E-state index in [1.807, 2.05) is 13.8 Å². The summed E-state index contributed by atoms with van der Waals surface area (Å²) in [6, 6.07) is 11.5. The van der Waals surface area contributed by atoms with Gasteiger partial charge in [0.2, 0.25) is 5.91 Å². The summed E-state index contributed by atoms with van der Waals surface area (Å²) in [6.07, 6.45) is -4.32. The van der Waals surface area contributed by atoms with Crippen molar-refractivity contribution in [2.75, 3.05) is 0 Å². The molecular formula is C23H23F3N2O3. The van der Waals surface area contributed by atoms with Crippen LogP contribution < -0.4 is 10.1 Å². The third-order valence-corrected chi connectivity index (χ3v) is 4.94. The Morgan fingerprint density at radius 3 is 2.48 bits per heavy atom. The molecule has 0 spiro atoms. The van der Waals surface area contributed by atoms with Crippen LogP contribution in [0.5, 0.6) is 5.75 Å². The van der Waals surface area contributed by atoms with Gasteiger partial charge in [-0.05, 0) is 56.2 Å². The standard InChI is InChI=1S/C23H23F3N2O3/c1-14(18-5-4-6-19(12-18)23(24,25)26)27-22(29)11-17-7-9-20(10-8-17)30-13-21-15(2)28-31-16(21)3/h4-10,12,14H,11,13H2,1-3H3,(H,27,29). The van der Waals surface area contributed by atoms with Gasteiger partial charge >= 0.3 is 6.18 Å². The molecule has 3 aromatic rings. The van der Waals surface area contributed by atoms with E-state index in [-0.39, 0.29) is 12.3 Å². The molecular weight excluding hydrogens is 409 g/mol. The van der Waals surface area contributed by atoms with Crippen LogP contribution in [-0.4, -0.2) is 11.1 Å². The molecule has 1 atom stereocenters. The zero-order valence-electron chi connectivity index (χ0n) is 17.4. The number of carbonyl (C=O) groups is 1. The van der Waals surface area contributed by atoms with Gasteiger partial charge in [-0.15, -0.1) is 0 Å². The highest BCUT2D eigenvalue weighted by molar-refractivity contribution is 5.79. The molecule has 0 aliphatic carbocycles. The Kier molecular flexibility index (Phi) is 6.68. The normalized spacial score (nSPS) is 12.5. The number of hydrogen-bond acceptors (Lipinski definition) is 4. The largest absolute Gasteiger partial charge is 0.489 e. The van der Waals surface area contributed by atoms with Crippen LogP contribution in [0.4, 0.5) is 13.2 Å². The van der Waals surface area contributed by atoms with Crippen LogP contribution in [0.15, 0.2) is 53.1 Å². The van der Waals surface area contributed by atoms with E-state index in [0.717, 1.165) is 29.0 Å². The summed E-state index contributed by atoms with van der Waals surface area (Å²) in [4.78, 5) is 12.3. The van der Waals surface area contributed by atoms with Gasteiger partial charge in [0.15, 0.2) is 0 Å². The summed E-state index contributed by atoms with van der Waals surface area (Å²) in [6.45, 7) is 5.65. The number of amides is 1. The highest BCUT2D eigenvalue weighted by atomic mass is 19.4. The lowest BCUT2D eigenvalue weighted by molar-refractivity contribution is -0.137. The topological polar surface area (TPSA) is 64.4 Å². The molecule has 164 valence electrons. The predicted molar refractivity (Wildman–Crippen MR) is 108 cm³/mol. The van der Waals surface area contributed by atoms with Crippen LogP contribution in [0.1, 0.15) is 46.7 Å². The number of nitrogens with zero attached hydrogens (tertiary/aromatic N) is 1. The average Bonchev–Trinajstić information content (AvgIpc) is 3.04. The minimum atomic E-state index is -4.42. The van der Waals surface area contributed by atoms with Crippen LogP contribution in [0.3, 0.4) is 0 Å². The fourth-order valence-electron chi connectivity index (χ4n) is 3.11. The zero-order valence-corrected chi connectivity index (χ0v) is 17.4. The number of carbonyl (C=O) groups excluding carboxylic acids is 1. The highest BCUT2D eigenvalue weighted by Crippen LogP contribution is 2.30. The first-order chi connectivity index (χ1) is 14.6. The first kappa shape index (κ1) is 22.4. The SMILES string of the molecule is Cc1noc(C)c1COc1ccc(CC(=O)NC(C)c2cccc(C(F)(F)F)c2)cc1. The number of ether oxygens (including phenoxy) is 1. The predicted octanol–water partition coefficient (Wildman–Crippen LogP) is 5.31. The molecule has 0 saturated heterocycles. The highest BCUT2D eigenvalue weighted by Gasteiger charge is 2.30. The number of alkyl halides is 3. The van der Waals surface area contributed by atoms with Crippen LogP contribution in [-0.2, 0) is 24.0 Å². The molecule has 0 aliphatic rings. The molecule has 3 rings (SSSR count). The molecule has 8 heteroatoms. The number of aryl methyl sites for hydroxylation is 2. The van der Waals surface area contributed by atoms with E-state index in [1.165, 1.54) is 6.07 Å². The first-order valence-electron chi connectivity index (χ1n) is 9.73. The van der Waals surface area contributed by atoms with Crippen molar-refractivity contribution in [3.05, 3.63) is 82.2 Å². The fourth-order valence-corrected chi connectivity index (χ4v) is 3.11. The number of hydrogen-bond donors (Lipinski definition) is 1. The molecule has 1 aromatic heterocycles. The average molecular weight is 432 g/mol. The summed E-state index contributed by atoms with van der Waals surface area (Å²) in [7, 11) is 0. The van der Waals surface area contributed by atoms with Crippen LogP contribution in [0, 0.1) is 13.8 Å². The monoisotopic (exact) mass is 432 g/mol. The maximum absolute atomic E-state index is 12.9. The van der Waals surface area contributed by atoms with Crippen LogP contribution in [0.2, 0.25) is 0 Å². The van der Waals surface area contributed by atoms with Crippen molar-refractivity contribution >= 4 is 5.91 Å². The van der Waals surface area contributed by atoms with Crippen molar-refractivity contribution in [2.24, 2.45) is 0 Å². The summed E-state index contributed by atoms with van der Waals surface area (Å²) in [5, 5.41) is 6.62. The Bertz CT molecular complexity index is 1020. The molecule has 1 amide bonds. The van der Waals surface area contributed by atoms with Crippen LogP contribution in [0.25, 0.3) is 0 Å². The van der Waals surface area contributed by atoms with Crippen molar-refractivity contribution in [2.45, 2.75) is 46.0 Å². The molecule has 0 radical (unpaired) electrons. The maximum atomic E-state index is 12.9.